The number of hydrogen-bond donors (Lipinski definition) is 0. The lowest BCUT2D eigenvalue weighted by atomic mass is 10.0. The summed E-state index contributed by atoms with van der Waals surface area (Å²) < 4.78 is 5.74. The minimum absolute atomic E-state index is 0.210. The highest BCUT2D eigenvalue weighted by atomic mass is 16.5. The fourth-order valence-corrected chi connectivity index (χ4v) is 2.53. The van der Waals surface area contributed by atoms with E-state index in [9.17, 15) is 5.26 Å². The Labute approximate surface area is 109 Å². The summed E-state index contributed by atoms with van der Waals surface area (Å²) in [5, 5.41) is 9.29. The molecule has 96 valence electrons. The van der Waals surface area contributed by atoms with Crippen LogP contribution in [0.15, 0.2) is 12.1 Å². The van der Waals surface area contributed by atoms with Crippen LogP contribution in [-0.2, 0) is 4.74 Å². The Morgan fingerprint density at radius 1 is 1.17 bits per heavy atom. The first-order valence-electron chi connectivity index (χ1n) is 6.43. The van der Waals surface area contributed by atoms with E-state index in [4.69, 9.17) is 4.74 Å². The number of nitrogens with zero attached hydrogens (tertiary/aromatic N) is 2. The average Bonchev–Trinajstić information content (AvgIpc) is 2.30. The van der Waals surface area contributed by atoms with Crippen molar-refractivity contribution in [3.05, 3.63) is 28.8 Å². The molecular weight excluding hydrogens is 224 g/mol. The second kappa shape index (κ2) is 4.99. The van der Waals surface area contributed by atoms with E-state index >= 15 is 0 Å². The van der Waals surface area contributed by atoms with Crippen LogP contribution in [0.1, 0.15) is 30.5 Å². The molecule has 1 heterocycles. The van der Waals surface area contributed by atoms with Gasteiger partial charge in [0.2, 0.25) is 0 Å². The molecule has 2 atom stereocenters. The highest BCUT2D eigenvalue weighted by molar-refractivity contribution is 5.62. The van der Waals surface area contributed by atoms with Crippen molar-refractivity contribution in [3.8, 4) is 6.07 Å². The van der Waals surface area contributed by atoms with Gasteiger partial charge >= 0.3 is 0 Å². The highest BCUT2D eigenvalue weighted by Crippen LogP contribution is 2.27. The number of nitriles is 1. The van der Waals surface area contributed by atoms with Gasteiger partial charge in [-0.05, 0) is 51.0 Å². The molecule has 0 saturated carbocycles. The monoisotopic (exact) mass is 244 g/mol. The van der Waals surface area contributed by atoms with E-state index in [-0.39, 0.29) is 12.2 Å². The van der Waals surface area contributed by atoms with Gasteiger partial charge in [-0.1, -0.05) is 0 Å². The van der Waals surface area contributed by atoms with Gasteiger partial charge < -0.3 is 9.64 Å². The molecule has 1 aliphatic heterocycles. The Morgan fingerprint density at radius 3 is 2.28 bits per heavy atom. The first-order chi connectivity index (χ1) is 8.51. The molecule has 1 saturated heterocycles. The van der Waals surface area contributed by atoms with Crippen LogP contribution in [0.3, 0.4) is 0 Å². The van der Waals surface area contributed by atoms with E-state index in [1.54, 1.807) is 0 Å². The van der Waals surface area contributed by atoms with Crippen LogP contribution in [0.25, 0.3) is 0 Å². The molecule has 0 radical (unpaired) electrons. The van der Waals surface area contributed by atoms with E-state index in [1.165, 1.54) is 11.1 Å². The van der Waals surface area contributed by atoms with E-state index in [0.717, 1.165) is 24.3 Å². The number of aryl methyl sites for hydroxylation is 2. The van der Waals surface area contributed by atoms with Gasteiger partial charge in [-0.3, -0.25) is 0 Å². The third-order valence-electron chi connectivity index (χ3n) is 3.49. The lowest BCUT2D eigenvalue weighted by molar-refractivity contribution is -0.00523. The van der Waals surface area contributed by atoms with Gasteiger partial charge in [0.15, 0.2) is 0 Å². The lowest BCUT2D eigenvalue weighted by Gasteiger charge is -2.37. The second-order valence-electron chi connectivity index (χ2n) is 5.23. The molecule has 3 nitrogen and oxygen atoms in total. The summed E-state index contributed by atoms with van der Waals surface area (Å²) in [6.45, 7) is 9.99. The molecule has 3 heteroatoms. The molecule has 1 fully saturated rings. The summed E-state index contributed by atoms with van der Waals surface area (Å²) >= 11 is 0. The van der Waals surface area contributed by atoms with Gasteiger partial charge in [0, 0.05) is 13.1 Å². The van der Waals surface area contributed by atoms with Crippen LogP contribution < -0.4 is 4.90 Å². The van der Waals surface area contributed by atoms with Crippen LogP contribution in [-0.4, -0.2) is 25.3 Å². The smallest absolute Gasteiger partial charge is 0.101 e. The highest BCUT2D eigenvalue weighted by Gasteiger charge is 2.24. The summed E-state index contributed by atoms with van der Waals surface area (Å²) in [5.74, 6) is 0. The maximum absolute atomic E-state index is 9.29. The number of ether oxygens (including phenoxy) is 1. The predicted molar refractivity (Wildman–Crippen MR) is 72.9 cm³/mol. The Bertz CT molecular complexity index is 480. The van der Waals surface area contributed by atoms with E-state index in [0.29, 0.717) is 0 Å². The van der Waals surface area contributed by atoms with Crippen molar-refractivity contribution in [1.82, 2.24) is 0 Å². The minimum atomic E-state index is 0.210. The van der Waals surface area contributed by atoms with E-state index in [2.05, 4.69) is 37.8 Å². The van der Waals surface area contributed by atoms with Gasteiger partial charge in [-0.15, -0.1) is 0 Å². The van der Waals surface area contributed by atoms with Crippen molar-refractivity contribution in [2.75, 3.05) is 18.0 Å². The largest absolute Gasteiger partial charge is 0.372 e. The summed E-state index contributed by atoms with van der Waals surface area (Å²) in [4.78, 5) is 2.27. The summed E-state index contributed by atoms with van der Waals surface area (Å²) in [6.07, 6.45) is 0.420. The third kappa shape index (κ3) is 2.49. The molecule has 0 aromatic heterocycles. The molecule has 1 aromatic rings. The predicted octanol–water partition coefficient (Wildman–Crippen LogP) is 2.79. The average molecular weight is 244 g/mol. The number of anilines is 1. The van der Waals surface area contributed by atoms with Crippen LogP contribution in [0.2, 0.25) is 0 Å². The Morgan fingerprint density at radius 2 is 1.72 bits per heavy atom. The van der Waals surface area contributed by atoms with Gasteiger partial charge in [-0.25, -0.2) is 0 Å². The van der Waals surface area contributed by atoms with Gasteiger partial charge in [0.1, 0.15) is 6.07 Å². The Kier molecular flexibility index (Phi) is 3.58. The number of hydrogen-bond acceptors (Lipinski definition) is 3. The van der Waals surface area contributed by atoms with Crippen molar-refractivity contribution in [1.29, 1.82) is 5.26 Å². The molecule has 2 rings (SSSR count). The second-order valence-corrected chi connectivity index (χ2v) is 5.23. The molecule has 0 aliphatic carbocycles. The maximum atomic E-state index is 9.29. The van der Waals surface area contributed by atoms with Crippen LogP contribution in [0, 0.1) is 25.2 Å². The molecule has 2 unspecified atom stereocenters. The van der Waals surface area contributed by atoms with Crippen molar-refractivity contribution < 1.29 is 4.74 Å². The molecule has 0 amide bonds. The zero-order chi connectivity index (χ0) is 13.3. The fourth-order valence-electron chi connectivity index (χ4n) is 2.53. The van der Waals surface area contributed by atoms with Crippen LogP contribution in [0.5, 0.6) is 0 Å². The van der Waals surface area contributed by atoms with Crippen LogP contribution >= 0.6 is 0 Å². The summed E-state index contributed by atoms with van der Waals surface area (Å²) in [7, 11) is 0. The Hall–Kier alpha value is -1.53. The van der Waals surface area contributed by atoms with E-state index in [1.807, 2.05) is 13.0 Å². The number of morpholine rings is 1. The van der Waals surface area contributed by atoms with Crippen molar-refractivity contribution in [3.63, 3.8) is 0 Å². The molecule has 1 aromatic carbocycles. The molecule has 0 spiro atoms. The molecule has 1 aliphatic rings. The maximum Gasteiger partial charge on any atom is 0.101 e. The SMILES string of the molecule is Cc1cc(C#N)c(N2CC(C)OC(C)C2)cc1C. The zero-order valence-electron chi connectivity index (χ0n) is 11.5. The van der Waals surface area contributed by atoms with Gasteiger partial charge in [-0.2, -0.15) is 5.26 Å². The van der Waals surface area contributed by atoms with Crippen LogP contribution in [0.4, 0.5) is 5.69 Å². The molecule has 0 N–H and O–H groups in total. The quantitative estimate of drug-likeness (QED) is 0.762. The molecular formula is C15H20N2O. The number of benzene rings is 1. The lowest BCUT2D eigenvalue weighted by Crippen LogP contribution is -2.45. The topological polar surface area (TPSA) is 36.3 Å². The normalized spacial score (nSPS) is 23.8. The third-order valence-corrected chi connectivity index (χ3v) is 3.49. The molecule has 0 bridgehead atoms. The minimum Gasteiger partial charge on any atom is -0.372 e. The standard InChI is InChI=1S/C15H20N2O/c1-10-5-14(7-16)15(6-11(10)2)17-8-12(3)18-13(4)9-17/h5-6,12-13H,8-9H2,1-4H3. The fraction of sp³-hybridized carbons (Fsp3) is 0.533. The first kappa shape index (κ1) is 12.9. The molecule has 18 heavy (non-hydrogen) atoms. The van der Waals surface area contributed by atoms with E-state index < -0.39 is 0 Å². The van der Waals surface area contributed by atoms with Crippen molar-refractivity contribution in [2.45, 2.75) is 39.9 Å². The van der Waals surface area contributed by atoms with Crippen molar-refractivity contribution >= 4 is 5.69 Å². The Balaban J connectivity index is 2.38. The van der Waals surface area contributed by atoms with Gasteiger partial charge in [0.25, 0.3) is 0 Å². The van der Waals surface area contributed by atoms with Crippen molar-refractivity contribution in [2.24, 2.45) is 0 Å². The number of rotatable bonds is 1. The first-order valence-corrected chi connectivity index (χ1v) is 6.43. The summed E-state index contributed by atoms with van der Waals surface area (Å²) in [5.41, 5.74) is 4.21. The summed E-state index contributed by atoms with van der Waals surface area (Å²) in [6, 6.07) is 6.41. The van der Waals surface area contributed by atoms with Gasteiger partial charge in [0.05, 0.1) is 23.5 Å². The zero-order valence-corrected chi connectivity index (χ0v) is 11.5.